The van der Waals surface area contributed by atoms with Crippen molar-refractivity contribution in [3.05, 3.63) is 120 Å². The number of benzene rings is 3. The molecule has 1 saturated heterocycles. The van der Waals surface area contributed by atoms with Crippen LogP contribution in [-0.2, 0) is 6.54 Å². The second-order valence-electron chi connectivity index (χ2n) is 8.64. The van der Waals surface area contributed by atoms with Crippen molar-refractivity contribution < 1.29 is 4.42 Å². The molecule has 0 unspecified atom stereocenters. The molecule has 0 amide bonds. The molecular weight excluding hydrogens is 420 g/mol. The van der Waals surface area contributed by atoms with E-state index in [0.717, 1.165) is 55.2 Å². The van der Waals surface area contributed by atoms with Crippen molar-refractivity contribution in [1.82, 2.24) is 4.90 Å². The fourth-order valence-corrected chi connectivity index (χ4v) is 4.56. The van der Waals surface area contributed by atoms with Gasteiger partial charge in [-0.3, -0.25) is 4.90 Å². The predicted octanol–water partition coefficient (Wildman–Crippen LogP) is 5.67. The van der Waals surface area contributed by atoms with E-state index in [0.29, 0.717) is 5.56 Å². The first-order chi connectivity index (χ1) is 16.8. The molecule has 0 atom stereocenters. The first kappa shape index (κ1) is 21.8. The fourth-order valence-electron chi connectivity index (χ4n) is 4.56. The number of furan rings is 1. The van der Waals surface area contributed by atoms with Crippen LogP contribution in [0, 0.1) is 11.3 Å². The van der Waals surface area contributed by atoms with Gasteiger partial charge in [0.1, 0.15) is 6.07 Å². The monoisotopic (exact) mass is 448 g/mol. The molecule has 34 heavy (non-hydrogen) atoms. The van der Waals surface area contributed by atoms with Gasteiger partial charge >= 0.3 is 0 Å². The summed E-state index contributed by atoms with van der Waals surface area (Å²) in [5, 5.41) is 13.5. The van der Waals surface area contributed by atoms with Crippen molar-refractivity contribution in [3.63, 3.8) is 0 Å². The van der Waals surface area contributed by atoms with Crippen LogP contribution in [-0.4, -0.2) is 31.1 Å². The average molecular weight is 449 g/mol. The smallest absolute Gasteiger partial charge is 0.101 e. The number of anilines is 2. The molecule has 5 heteroatoms. The summed E-state index contributed by atoms with van der Waals surface area (Å²) in [5.41, 5.74) is 6.19. The zero-order chi connectivity index (χ0) is 23.2. The normalized spacial score (nSPS) is 14.2. The molecule has 0 saturated carbocycles. The highest BCUT2D eigenvalue weighted by atomic mass is 16.3. The Morgan fingerprint density at radius 1 is 0.853 bits per heavy atom. The molecule has 5 nitrogen and oxygen atoms in total. The standard InChI is InChI=1S/C29H28N4O/c30-20-26-11-12-27(33-16-14-32(15-17-33)21-23-13-18-34-22-23)19-28(26)31-29(24-7-3-1-4-8-24)25-9-5-2-6-10-25/h1-13,18-19,22,29,31H,14-17,21H2. The Morgan fingerprint density at radius 3 is 2.12 bits per heavy atom. The minimum Gasteiger partial charge on any atom is -0.472 e. The second kappa shape index (κ2) is 10.3. The lowest BCUT2D eigenvalue weighted by Crippen LogP contribution is -2.45. The van der Waals surface area contributed by atoms with E-state index < -0.39 is 0 Å². The highest BCUT2D eigenvalue weighted by Crippen LogP contribution is 2.31. The van der Waals surface area contributed by atoms with Crippen molar-refractivity contribution >= 4 is 11.4 Å². The van der Waals surface area contributed by atoms with E-state index in [9.17, 15) is 5.26 Å². The third-order valence-electron chi connectivity index (χ3n) is 6.41. The van der Waals surface area contributed by atoms with Gasteiger partial charge in [-0.25, -0.2) is 0 Å². The van der Waals surface area contributed by atoms with Gasteiger partial charge in [0.2, 0.25) is 0 Å². The maximum atomic E-state index is 9.81. The first-order valence-electron chi connectivity index (χ1n) is 11.7. The number of nitriles is 1. The van der Waals surface area contributed by atoms with Crippen molar-refractivity contribution in [2.75, 3.05) is 36.4 Å². The van der Waals surface area contributed by atoms with Gasteiger partial charge in [0.05, 0.1) is 29.8 Å². The molecule has 1 fully saturated rings. The topological polar surface area (TPSA) is 55.4 Å². The number of hydrogen-bond donors (Lipinski definition) is 1. The lowest BCUT2D eigenvalue weighted by molar-refractivity contribution is 0.249. The molecule has 0 bridgehead atoms. The van der Waals surface area contributed by atoms with Gasteiger partial charge in [-0.15, -0.1) is 0 Å². The number of piperazine rings is 1. The van der Waals surface area contributed by atoms with Gasteiger partial charge in [0.25, 0.3) is 0 Å². The zero-order valence-corrected chi connectivity index (χ0v) is 19.1. The Balaban J connectivity index is 1.36. The Hall–Kier alpha value is -4.01. The van der Waals surface area contributed by atoms with E-state index in [-0.39, 0.29) is 6.04 Å². The molecule has 1 aliphatic heterocycles. The lowest BCUT2D eigenvalue weighted by atomic mass is 9.98. The van der Waals surface area contributed by atoms with E-state index in [1.54, 1.807) is 6.26 Å². The SMILES string of the molecule is N#Cc1ccc(N2CCN(Cc3ccoc3)CC2)cc1NC(c1ccccc1)c1ccccc1. The van der Waals surface area contributed by atoms with Crippen LogP contribution in [0.4, 0.5) is 11.4 Å². The Kier molecular flexibility index (Phi) is 6.60. The highest BCUT2D eigenvalue weighted by Gasteiger charge is 2.20. The number of nitrogens with one attached hydrogen (secondary N) is 1. The third-order valence-corrected chi connectivity index (χ3v) is 6.41. The molecule has 170 valence electrons. The van der Waals surface area contributed by atoms with Crippen LogP contribution in [0.25, 0.3) is 0 Å². The van der Waals surface area contributed by atoms with Crippen LogP contribution in [0.1, 0.15) is 28.3 Å². The average Bonchev–Trinajstić information content (AvgIpc) is 3.42. The molecule has 5 rings (SSSR count). The fraction of sp³-hybridized carbons (Fsp3) is 0.207. The Bertz CT molecular complexity index is 1180. The molecule has 2 heterocycles. The Labute approximate surface area is 200 Å². The van der Waals surface area contributed by atoms with E-state index in [4.69, 9.17) is 4.42 Å². The second-order valence-corrected chi connectivity index (χ2v) is 8.64. The molecule has 1 N–H and O–H groups in total. The van der Waals surface area contributed by atoms with Crippen molar-refractivity contribution in [2.24, 2.45) is 0 Å². The summed E-state index contributed by atoms with van der Waals surface area (Å²) in [6.07, 6.45) is 3.55. The molecular formula is C29H28N4O. The third kappa shape index (κ3) is 4.98. The van der Waals surface area contributed by atoms with Crippen LogP contribution < -0.4 is 10.2 Å². The van der Waals surface area contributed by atoms with Crippen molar-refractivity contribution in [3.8, 4) is 6.07 Å². The number of hydrogen-bond acceptors (Lipinski definition) is 5. The zero-order valence-electron chi connectivity index (χ0n) is 19.1. The molecule has 1 aromatic heterocycles. The summed E-state index contributed by atoms with van der Waals surface area (Å²) in [7, 11) is 0. The van der Waals surface area contributed by atoms with E-state index in [1.807, 2.05) is 30.5 Å². The van der Waals surface area contributed by atoms with E-state index in [2.05, 4.69) is 81.8 Å². The van der Waals surface area contributed by atoms with Crippen LogP contribution in [0.15, 0.2) is 102 Å². The summed E-state index contributed by atoms with van der Waals surface area (Å²) in [6, 6.07) is 31.2. The van der Waals surface area contributed by atoms with E-state index >= 15 is 0 Å². The lowest BCUT2D eigenvalue weighted by Gasteiger charge is -2.36. The van der Waals surface area contributed by atoms with Crippen molar-refractivity contribution in [2.45, 2.75) is 12.6 Å². The minimum absolute atomic E-state index is 0.0449. The number of nitrogens with zero attached hydrogens (tertiary/aromatic N) is 3. The van der Waals surface area contributed by atoms with Gasteiger partial charge < -0.3 is 14.6 Å². The highest BCUT2D eigenvalue weighted by molar-refractivity contribution is 5.67. The predicted molar refractivity (Wildman–Crippen MR) is 136 cm³/mol. The van der Waals surface area contributed by atoms with Gasteiger partial charge in [0, 0.05) is 44.0 Å². The van der Waals surface area contributed by atoms with Crippen LogP contribution in [0.3, 0.4) is 0 Å². The molecule has 0 radical (unpaired) electrons. The van der Waals surface area contributed by atoms with Crippen LogP contribution in [0.5, 0.6) is 0 Å². The van der Waals surface area contributed by atoms with Gasteiger partial charge in [-0.05, 0) is 35.4 Å². The van der Waals surface area contributed by atoms with Crippen molar-refractivity contribution in [1.29, 1.82) is 5.26 Å². The van der Waals surface area contributed by atoms with Crippen LogP contribution in [0.2, 0.25) is 0 Å². The summed E-state index contributed by atoms with van der Waals surface area (Å²) in [6.45, 7) is 4.80. The summed E-state index contributed by atoms with van der Waals surface area (Å²) < 4.78 is 5.21. The molecule has 4 aromatic rings. The molecule has 0 spiro atoms. The maximum Gasteiger partial charge on any atom is 0.101 e. The molecule has 0 aliphatic carbocycles. The van der Waals surface area contributed by atoms with Gasteiger partial charge in [0.15, 0.2) is 0 Å². The summed E-state index contributed by atoms with van der Waals surface area (Å²) in [4.78, 5) is 4.85. The molecule has 1 aliphatic rings. The first-order valence-corrected chi connectivity index (χ1v) is 11.7. The molecule has 3 aromatic carbocycles. The number of rotatable bonds is 7. The maximum absolute atomic E-state index is 9.81. The summed E-state index contributed by atoms with van der Waals surface area (Å²) in [5.74, 6) is 0. The largest absolute Gasteiger partial charge is 0.472 e. The van der Waals surface area contributed by atoms with E-state index in [1.165, 1.54) is 5.56 Å². The van der Waals surface area contributed by atoms with Crippen LogP contribution >= 0.6 is 0 Å². The minimum atomic E-state index is -0.0449. The Morgan fingerprint density at radius 2 is 1.53 bits per heavy atom. The van der Waals surface area contributed by atoms with Gasteiger partial charge in [-0.2, -0.15) is 5.26 Å². The van der Waals surface area contributed by atoms with Gasteiger partial charge in [-0.1, -0.05) is 60.7 Å². The summed E-state index contributed by atoms with van der Waals surface area (Å²) >= 11 is 0. The quantitative estimate of drug-likeness (QED) is 0.394.